The van der Waals surface area contributed by atoms with Crippen LogP contribution in [0.15, 0.2) is 191 Å². The summed E-state index contributed by atoms with van der Waals surface area (Å²) in [7, 11) is -7.58. The number of fused-ring (bicyclic) bond motifs is 2. The summed E-state index contributed by atoms with van der Waals surface area (Å²) >= 11 is 12.5. The van der Waals surface area contributed by atoms with E-state index < -0.39 is 71.0 Å². The molecule has 34 heteroatoms. The van der Waals surface area contributed by atoms with Crippen molar-refractivity contribution in [2.45, 2.75) is 88.9 Å². The number of anilines is 2. The number of nitrogens with one attached hydrogen (secondary N) is 4. The maximum atomic E-state index is 14.1. The zero-order valence-electron chi connectivity index (χ0n) is 76.6. The Morgan fingerprint density at radius 3 is 1.31 bits per heavy atom. The molecule has 4 fully saturated rings. The van der Waals surface area contributed by atoms with Gasteiger partial charge in [0.25, 0.3) is 43.2 Å². The Morgan fingerprint density at radius 1 is 0.534 bits per heavy atom. The number of halogens is 2. The van der Waals surface area contributed by atoms with Gasteiger partial charge in [-0.3, -0.25) is 39.6 Å². The highest BCUT2D eigenvalue weighted by Gasteiger charge is 2.36. The van der Waals surface area contributed by atoms with E-state index in [0.717, 1.165) is 186 Å². The molecular weight excluding hydrogens is 1810 g/mol. The summed E-state index contributed by atoms with van der Waals surface area (Å²) in [6, 6.07) is 41.2. The number of H-pyrrole nitrogens is 2. The molecule has 6 aromatic carbocycles. The number of amides is 2. The van der Waals surface area contributed by atoms with E-state index in [1.807, 2.05) is 36.4 Å². The number of nitro benzene ring substituents is 2. The average Bonchev–Trinajstić information content (AvgIpc) is 1.03. The molecule has 2 unspecified atom stereocenters. The number of sulfonamides is 2. The van der Waals surface area contributed by atoms with Gasteiger partial charge in [-0.15, -0.1) is 26.4 Å². The van der Waals surface area contributed by atoms with Crippen LogP contribution in [0.4, 0.5) is 22.7 Å². The molecule has 4 aliphatic heterocycles. The molecule has 0 spiro atoms. The van der Waals surface area contributed by atoms with E-state index in [4.69, 9.17) is 37.4 Å². The number of ether oxygens (including phenoxy) is 3. The normalized spacial score (nSPS) is 18.5. The SMILES string of the molecule is C=P1(C)CCN(CC(CO)Cc2ccc(S(=O)(=O)NC(=O)c3ccc(N4CCN(CC5=C(c6ccc(Cl)cc6)CC(C)(C)CC5)CC4)cc3Oc3cnc4[nH]ccc4c3)cc2[N+](=O)[O-])CC1.C=P1(C)CCN(CC(COC)Cc2ccc(S(=O)(=O)NC(=O)c3ccc(N4CCN(CC5=C(c6ccc(Cl)cc6)CC(C)(C)CC5)CC4)cc3Oc3cnc4[nH]ccc4c3)cc2[N+](=O)[O-])CC1. The number of aromatic nitrogens is 4. The lowest BCUT2D eigenvalue weighted by Crippen LogP contribution is -2.47. The van der Waals surface area contributed by atoms with Crippen molar-refractivity contribution < 1.29 is 55.6 Å². The molecule has 28 nitrogen and oxygen atoms in total. The van der Waals surface area contributed by atoms with Gasteiger partial charge in [0.2, 0.25) is 0 Å². The fourth-order valence-electron chi connectivity index (χ4n) is 18.8. The van der Waals surface area contributed by atoms with Gasteiger partial charge in [0, 0.05) is 198 Å². The highest BCUT2D eigenvalue weighted by Crippen LogP contribution is 2.48. The molecule has 2 aliphatic carbocycles. The Bertz CT molecular complexity index is 6370. The van der Waals surface area contributed by atoms with E-state index in [0.29, 0.717) is 73.1 Å². The van der Waals surface area contributed by atoms with E-state index >= 15 is 0 Å². The van der Waals surface area contributed by atoms with Gasteiger partial charge >= 0.3 is 0 Å². The van der Waals surface area contributed by atoms with Gasteiger partial charge in [-0.05, 0) is 219 Å². The van der Waals surface area contributed by atoms with E-state index in [1.165, 1.54) is 70.1 Å². The Morgan fingerprint density at radius 2 is 0.925 bits per heavy atom. The molecule has 0 radical (unpaired) electrons. The summed E-state index contributed by atoms with van der Waals surface area (Å²) in [5.41, 5.74) is 11.4. The lowest BCUT2D eigenvalue weighted by atomic mass is 9.72. The highest BCUT2D eigenvalue weighted by atomic mass is 35.5. The number of aromatic amines is 2. The number of piperazine rings is 2. The van der Waals surface area contributed by atoms with Gasteiger partial charge in [-0.1, -0.05) is 98.4 Å². The number of allylic oxidation sites excluding steroid dienone is 2. The molecule has 16 rings (SSSR count). The van der Waals surface area contributed by atoms with Crippen LogP contribution in [0.3, 0.4) is 0 Å². The fourth-order valence-corrected chi connectivity index (χ4v) is 24.6. The summed E-state index contributed by atoms with van der Waals surface area (Å²) in [5, 5.41) is 38.0. The summed E-state index contributed by atoms with van der Waals surface area (Å²) in [6.45, 7) is 24.5. The van der Waals surface area contributed by atoms with Crippen molar-refractivity contribution in [2.24, 2.45) is 22.7 Å². The molecule has 5 N–H and O–H groups in total. The minimum Gasteiger partial charge on any atom is -0.455 e. The first-order chi connectivity index (χ1) is 63.4. The molecule has 4 saturated heterocycles. The Labute approximate surface area is 789 Å². The predicted octanol–water partition coefficient (Wildman–Crippen LogP) is 17.4. The number of methoxy groups -OCH3 is 1. The largest absolute Gasteiger partial charge is 0.455 e. The minimum atomic E-state index is -4.60. The van der Waals surface area contributed by atoms with Crippen LogP contribution in [-0.4, -0.2) is 259 Å². The van der Waals surface area contributed by atoms with Crippen molar-refractivity contribution in [3.05, 3.63) is 245 Å². The third-order valence-electron chi connectivity index (χ3n) is 26.8. The van der Waals surface area contributed by atoms with Crippen LogP contribution in [0.1, 0.15) is 109 Å². The van der Waals surface area contributed by atoms with Crippen molar-refractivity contribution in [2.75, 3.05) is 173 Å². The van der Waals surface area contributed by atoms with Crippen molar-refractivity contribution in [3.63, 3.8) is 0 Å². The van der Waals surface area contributed by atoms with Gasteiger partial charge in [0.15, 0.2) is 0 Å². The first-order valence-electron chi connectivity index (χ1n) is 45.4. The number of rotatable bonds is 31. The molecule has 2 atom stereocenters. The van der Waals surface area contributed by atoms with Crippen molar-refractivity contribution in [1.29, 1.82) is 0 Å². The molecule has 10 aromatic rings. The summed E-state index contributed by atoms with van der Waals surface area (Å²) in [5.74, 6) is -1.32. The molecule has 8 heterocycles. The van der Waals surface area contributed by atoms with Gasteiger partial charge in [-0.25, -0.2) is 36.2 Å². The van der Waals surface area contributed by atoms with Crippen LogP contribution in [0.25, 0.3) is 33.2 Å². The number of pyridine rings is 2. The Kier molecular flexibility index (Phi) is 30.5. The van der Waals surface area contributed by atoms with E-state index in [9.17, 15) is 51.8 Å². The number of nitrogens with zero attached hydrogens (tertiary/aromatic N) is 10. The smallest absolute Gasteiger partial charge is 0.273 e. The quantitative estimate of drug-likeness (QED) is 0.0153. The van der Waals surface area contributed by atoms with Crippen molar-refractivity contribution in [1.82, 2.24) is 49.0 Å². The van der Waals surface area contributed by atoms with Crippen LogP contribution in [-0.2, 0) is 37.6 Å². The van der Waals surface area contributed by atoms with E-state index in [2.05, 4.69) is 137 Å². The zero-order valence-corrected chi connectivity index (χ0v) is 81.6. The summed E-state index contributed by atoms with van der Waals surface area (Å²) in [4.78, 5) is 79.9. The number of hydrogen-bond acceptors (Lipinski definition) is 22. The Hall–Kier alpha value is -10.0. The maximum absolute atomic E-state index is 14.1. The number of aliphatic hydroxyl groups excluding tert-OH is 1. The van der Waals surface area contributed by atoms with Crippen LogP contribution in [0.5, 0.6) is 23.0 Å². The third kappa shape index (κ3) is 25.0. The molecule has 0 saturated carbocycles. The number of carbonyl (C=O) groups is 2. The lowest BCUT2D eigenvalue weighted by Gasteiger charge is -2.39. The van der Waals surface area contributed by atoms with E-state index in [1.54, 1.807) is 68.0 Å². The second kappa shape index (κ2) is 41.7. The first-order valence-corrected chi connectivity index (χ1v) is 54.7. The maximum Gasteiger partial charge on any atom is 0.273 e. The molecule has 4 aromatic heterocycles. The monoisotopic (exact) mass is 1920 g/mol. The van der Waals surface area contributed by atoms with Crippen molar-refractivity contribution in [3.8, 4) is 23.0 Å². The number of hydrogen-bond donors (Lipinski definition) is 5. The molecule has 706 valence electrons. The summed E-state index contributed by atoms with van der Waals surface area (Å²) < 4.78 is 78.0. The molecule has 2 amide bonds. The molecule has 133 heavy (non-hydrogen) atoms. The van der Waals surface area contributed by atoms with Crippen LogP contribution < -0.4 is 28.7 Å². The van der Waals surface area contributed by atoms with Crippen LogP contribution in [0.2, 0.25) is 10.0 Å². The van der Waals surface area contributed by atoms with Crippen LogP contribution >= 0.6 is 37.0 Å². The third-order valence-corrected chi connectivity index (χ3v) is 35.1. The second-order valence-corrected chi connectivity index (χ2v) is 51.1. The lowest BCUT2D eigenvalue weighted by molar-refractivity contribution is -0.386. The minimum absolute atomic E-state index is 0.0328. The standard InChI is InChI=1S/C50H61ClN7O7PS.C49H59ClN7O7PS/c1-50(2)16-14-39(45(30-50)36-6-9-40(51)10-7-36)33-55-18-20-57(21-19-55)41-11-13-44(47(28-41)65-42-27-38-15-17-52-48(38)53-31-42)49(59)54-67(62,63)43-12-8-37(46(29-43)58(60)61)26-35(34-64-3)32-56-22-24-66(4,5)25-23-56;1-49(2)15-13-38(44(29-49)35-5-8-39(50)9-6-35)32-54-17-19-56(20-18-54)40-10-12-43(46(27-40)64-41-26-37-14-16-51-47(37)52-30-41)48(59)53-66(62,63)42-11-7-36(45(28-42)57(60)61)25-34(33-58)31-55-21-23-65(3,4)24-22-55/h6-13,15,17,27-29,31,35H,4,14,16,18-26,30,32-34H2,1-3,5H3,(H,52,53)(H,54,59);5-12,14,16,26-28,30,34,58H,3,13,15,17-25,29,31-33H2,1-2,4H3,(H,51,52)(H,53,59). The summed E-state index contributed by atoms with van der Waals surface area (Å²) in [6.07, 6.45) is 26.4. The number of carbonyl (C=O) groups excluding carboxylic acids is 2. The van der Waals surface area contributed by atoms with Gasteiger partial charge in [0.05, 0.1) is 49.8 Å². The Balaban J connectivity index is 0.000000203. The first kappa shape index (κ1) is 97.5. The topological polar surface area (TPSA) is 337 Å². The van der Waals surface area contributed by atoms with E-state index in [-0.39, 0.29) is 64.0 Å². The molecule has 6 aliphatic rings. The van der Waals surface area contributed by atoms with Crippen LogP contribution in [0, 0.1) is 42.9 Å². The average molecular weight is 1930 g/mol. The van der Waals surface area contributed by atoms with Gasteiger partial charge in [0.1, 0.15) is 34.3 Å². The number of aliphatic hydroxyl groups is 1. The van der Waals surface area contributed by atoms with Crippen molar-refractivity contribution >= 4 is 137 Å². The second-order valence-electron chi connectivity index (χ2n) is 38.6. The highest BCUT2D eigenvalue weighted by molar-refractivity contribution is 7.90. The predicted molar refractivity (Wildman–Crippen MR) is 536 cm³/mol. The zero-order chi connectivity index (χ0) is 94.3. The fraction of sp³-hybridized carbons (Fsp3) is 0.414. The molecule has 0 bridgehead atoms. The van der Waals surface area contributed by atoms with Gasteiger partial charge < -0.3 is 48.9 Å². The number of benzene rings is 6. The molecular formula is C99H120Cl2N14O14P2S2. The number of nitro groups is 2. The van der Waals surface area contributed by atoms with Gasteiger partial charge in [-0.2, -0.15) is 0 Å².